The molecule has 2 N–H and O–H groups in total. The molecule has 4 nitrogen and oxygen atoms in total. The number of hydrogen-bond acceptors (Lipinski definition) is 4. The van der Waals surface area contributed by atoms with Crippen LogP contribution in [0.5, 0.6) is 11.5 Å². The van der Waals surface area contributed by atoms with Gasteiger partial charge in [0.15, 0.2) is 0 Å². The molecule has 1 heterocycles. The molecule has 1 saturated heterocycles. The first kappa shape index (κ1) is 13.6. The van der Waals surface area contributed by atoms with Gasteiger partial charge in [-0.05, 0) is 49.9 Å². The fourth-order valence-electron chi connectivity index (χ4n) is 3.63. The second-order valence-electron chi connectivity index (χ2n) is 5.85. The summed E-state index contributed by atoms with van der Waals surface area (Å²) in [5.74, 6) is 3.16. The van der Waals surface area contributed by atoms with Gasteiger partial charge in [-0.25, -0.2) is 0 Å². The smallest absolute Gasteiger partial charge is 0.145 e. The number of rotatable bonds is 4. The number of methoxy groups -OCH3 is 2. The normalized spacial score (nSPS) is 28.8. The number of anilines is 1. The minimum absolute atomic E-state index is 0.562. The largest absolute Gasteiger partial charge is 0.497 e. The van der Waals surface area contributed by atoms with Gasteiger partial charge in [-0.15, -0.1) is 0 Å². The Balaban J connectivity index is 1.79. The van der Waals surface area contributed by atoms with Gasteiger partial charge in [-0.2, -0.15) is 0 Å². The summed E-state index contributed by atoms with van der Waals surface area (Å²) in [6, 6.07) is 6.56. The quantitative estimate of drug-likeness (QED) is 0.887. The summed E-state index contributed by atoms with van der Waals surface area (Å²) in [5, 5.41) is 7.29. The van der Waals surface area contributed by atoms with Crippen LogP contribution in [0.2, 0.25) is 0 Å². The van der Waals surface area contributed by atoms with Gasteiger partial charge in [0.25, 0.3) is 0 Å². The molecule has 1 aliphatic heterocycles. The first-order chi connectivity index (χ1) is 9.81. The number of hydrogen-bond donors (Lipinski definition) is 2. The Morgan fingerprint density at radius 2 is 1.85 bits per heavy atom. The lowest BCUT2D eigenvalue weighted by atomic mass is 9.74. The highest BCUT2D eigenvalue weighted by molar-refractivity contribution is 5.60. The molecular weight excluding hydrogens is 252 g/mol. The molecule has 110 valence electrons. The van der Waals surface area contributed by atoms with Crippen molar-refractivity contribution in [3.63, 3.8) is 0 Å². The third-order valence-electron chi connectivity index (χ3n) is 4.71. The average Bonchev–Trinajstić information content (AvgIpc) is 2.47. The monoisotopic (exact) mass is 276 g/mol. The van der Waals surface area contributed by atoms with Crippen LogP contribution in [0.1, 0.15) is 19.3 Å². The molecule has 0 amide bonds. The van der Waals surface area contributed by atoms with Crippen LogP contribution in [0, 0.1) is 11.8 Å². The summed E-state index contributed by atoms with van der Waals surface area (Å²) in [4.78, 5) is 0. The Kier molecular flexibility index (Phi) is 4.01. The lowest BCUT2D eigenvalue weighted by Crippen LogP contribution is -2.52. The molecule has 0 aromatic heterocycles. The first-order valence-corrected chi connectivity index (χ1v) is 7.51. The van der Waals surface area contributed by atoms with Crippen molar-refractivity contribution in [2.45, 2.75) is 25.3 Å². The molecule has 20 heavy (non-hydrogen) atoms. The van der Waals surface area contributed by atoms with Crippen LogP contribution in [0.4, 0.5) is 5.69 Å². The van der Waals surface area contributed by atoms with Crippen LogP contribution in [0.3, 0.4) is 0 Å². The van der Waals surface area contributed by atoms with E-state index in [0.29, 0.717) is 6.04 Å². The number of ether oxygens (including phenoxy) is 2. The van der Waals surface area contributed by atoms with Crippen LogP contribution in [-0.2, 0) is 0 Å². The molecule has 1 aromatic rings. The van der Waals surface area contributed by atoms with Crippen molar-refractivity contribution in [2.24, 2.45) is 11.8 Å². The lowest BCUT2D eigenvalue weighted by molar-refractivity contribution is 0.182. The van der Waals surface area contributed by atoms with Gasteiger partial charge < -0.3 is 20.1 Å². The number of benzene rings is 1. The molecule has 2 unspecified atom stereocenters. The average molecular weight is 276 g/mol. The standard InChI is InChI=1S/C16H24N2O2/c1-19-13-6-7-14(15(8-13)20-2)18-16-11-4-3-5-12(16)10-17-9-11/h6-8,11-12,16-18H,3-5,9-10H2,1-2H3. The highest BCUT2D eigenvalue weighted by atomic mass is 16.5. The Morgan fingerprint density at radius 1 is 1.10 bits per heavy atom. The number of fused-ring (bicyclic) bond motifs is 2. The highest BCUT2D eigenvalue weighted by Gasteiger charge is 2.36. The molecule has 1 aliphatic carbocycles. The SMILES string of the molecule is COc1ccc(NC2C3CCCC2CNC3)c(OC)c1. The zero-order chi connectivity index (χ0) is 13.9. The van der Waals surface area contributed by atoms with Gasteiger partial charge >= 0.3 is 0 Å². The second-order valence-corrected chi connectivity index (χ2v) is 5.85. The zero-order valence-corrected chi connectivity index (χ0v) is 12.3. The van der Waals surface area contributed by atoms with Gasteiger partial charge in [0.2, 0.25) is 0 Å². The molecule has 1 saturated carbocycles. The fourth-order valence-corrected chi connectivity index (χ4v) is 3.63. The van der Waals surface area contributed by atoms with E-state index < -0.39 is 0 Å². The maximum atomic E-state index is 5.49. The molecule has 2 aliphatic rings. The van der Waals surface area contributed by atoms with Crippen molar-refractivity contribution in [2.75, 3.05) is 32.6 Å². The summed E-state index contributed by atoms with van der Waals surface area (Å²) >= 11 is 0. The molecular formula is C16H24N2O2. The molecule has 0 spiro atoms. The minimum Gasteiger partial charge on any atom is -0.497 e. The molecule has 0 radical (unpaired) electrons. The van der Waals surface area contributed by atoms with E-state index in [1.54, 1.807) is 14.2 Å². The van der Waals surface area contributed by atoms with Gasteiger partial charge in [0.1, 0.15) is 11.5 Å². The molecule has 4 heteroatoms. The van der Waals surface area contributed by atoms with E-state index in [-0.39, 0.29) is 0 Å². The van der Waals surface area contributed by atoms with Crippen molar-refractivity contribution >= 4 is 5.69 Å². The van der Waals surface area contributed by atoms with Crippen molar-refractivity contribution in [3.8, 4) is 11.5 Å². The van der Waals surface area contributed by atoms with Crippen molar-refractivity contribution in [1.29, 1.82) is 0 Å². The number of nitrogens with one attached hydrogen (secondary N) is 2. The van der Waals surface area contributed by atoms with E-state index in [9.17, 15) is 0 Å². The molecule has 2 atom stereocenters. The van der Waals surface area contributed by atoms with Crippen LogP contribution in [-0.4, -0.2) is 33.4 Å². The van der Waals surface area contributed by atoms with Crippen LogP contribution >= 0.6 is 0 Å². The van der Waals surface area contributed by atoms with Crippen molar-refractivity contribution < 1.29 is 9.47 Å². The van der Waals surface area contributed by atoms with Gasteiger partial charge in [0, 0.05) is 12.1 Å². The Hall–Kier alpha value is -1.42. The number of piperidine rings is 1. The maximum Gasteiger partial charge on any atom is 0.145 e. The maximum absolute atomic E-state index is 5.49. The summed E-state index contributed by atoms with van der Waals surface area (Å²) in [5.41, 5.74) is 1.08. The summed E-state index contributed by atoms with van der Waals surface area (Å²) < 4.78 is 10.8. The van der Waals surface area contributed by atoms with E-state index in [2.05, 4.69) is 16.7 Å². The second kappa shape index (κ2) is 5.92. The summed E-state index contributed by atoms with van der Waals surface area (Å²) in [6.07, 6.45) is 4.01. The zero-order valence-electron chi connectivity index (χ0n) is 12.3. The first-order valence-electron chi connectivity index (χ1n) is 7.51. The molecule has 2 bridgehead atoms. The Morgan fingerprint density at radius 3 is 2.50 bits per heavy atom. The van der Waals surface area contributed by atoms with E-state index in [1.807, 2.05) is 12.1 Å². The minimum atomic E-state index is 0.562. The van der Waals surface area contributed by atoms with E-state index in [1.165, 1.54) is 19.3 Å². The van der Waals surface area contributed by atoms with Crippen molar-refractivity contribution in [1.82, 2.24) is 5.32 Å². The van der Waals surface area contributed by atoms with Crippen LogP contribution < -0.4 is 20.1 Å². The topological polar surface area (TPSA) is 42.5 Å². The van der Waals surface area contributed by atoms with Gasteiger partial charge in [-0.3, -0.25) is 0 Å². The van der Waals surface area contributed by atoms with Crippen LogP contribution in [0.15, 0.2) is 18.2 Å². The lowest BCUT2D eigenvalue weighted by Gasteiger charge is -2.43. The third kappa shape index (κ3) is 2.57. The van der Waals surface area contributed by atoms with E-state index in [0.717, 1.165) is 42.1 Å². The van der Waals surface area contributed by atoms with Crippen LogP contribution in [0.25, 0.3) is 0 Å². The predicted octanol–water partition coefficient (Wildman–Crippen LogP) is 2.50. The molecule has 1 aromatic carbocycles. The molecule has 3 rings (SSSR count). The van der Waals surface area contributed by atoms with E-state index >= 15 is 0 Å². The predicted molar refractivity (Wildman–Crippen MR) is 80.7 cm³/mol. The highest BCUT2D eigenvalue weighted by Crippen LogP contribution is 2.37. The van der Waals surface area contributed by atoms with Crippen molar-refractivity contribution in [3.05, 3.63) is 18.2 Å². The fraction of sp³-hybridized carbons (Fsp3) is 0.625. The summed E-state index contributed by atoms with van der Waals surface area (Å²) in [6.45, 7) is 2.26. The molecule has 2 fully saturated rings. The third-order valence-corrected chi connectivity index (χ3v) is 4.71. The Labute approximate surface area is 120 Å². The summed E-state index contributed by atoms with van der Waals surface area (Å²) in [7, 11) is 3.39. The van der Waals surface area contributed by atoms with Gasteiger partial charge in [-0.1, -0.05) is 6.42 Å². The van der Waals surface area contributed by atoms with E-state index in [4.69, 9.17) is 9.47 Å². The van der Waals surface area contributed by atoms with Gasteiger partial charge in [0.05, 0.1) is 19.9 Å². The Bertz CT molecular complexity index is 442.